The van der Waals surface area contributed by atoms with Crippen LogP contribution in [0, 0.1) is 6.92 Å². The fourth-order valence-electron chi connectivity index (χ4n) is 1.75. The molecule has 0 aliphatic heterocycles. The third-order valence-corrected chi connectivity index (χ3v) is 2.82. The normalized spacial score (nSPS) is 11.1. The zero-order valence-corrected chi connectivity index (χ0v) is 10.5. The van der Waals surface area contributed by atoms with Crippen LogP contribution >= 0.6 is 11.6 Å². The summed E-state index contributed by atoms with van der Waals surface area (Å²) in [6.07, 6.45) is 1.97. The third kappa shape index (κ3) is 2.12. The molecule has 0 saturated heterocycles. The second-order valence-corrected chi connectivity index (χ2v) is 4.70. The Labute approximate surface area is 101 Å². The Bertz CT molecular complexity index is 500. The average molecular weight is 235 g/mol. The molecule has 0 atom stereocenters. The molecular formula is C13H15ClN2. The lowest BCUT2D eigenvalue weighted by Crippen LogP contribution is -2.02. The smallest absolute Gasteiger partial charge is 0.0695 e. The molecular weight excluding hydrogens is 220 g/mol. The summed E-state index contributed by atoms with van der Waals surface area (Å²) in [5.74, 6) is 0.455. The molecule has 2 rings (SSSR count). The molecule has 0 radical (unpaired) electrons. The van der Waals surface area contributed by atoms with Crippen molar-refractivity contribution in [3.05, 3.63) is 46.7 Å². The fraction of sp³-hybridized carbons (Fsp3) is 0.308. The van der Waals surface area contributed by atoms with Crippen molar-refractivity contribution in [3.8, 4) is 5.69 Å². The third-order valence-electron chi connectivity index (χ3n) is 2.58. The van der Waals surface area contributed by atoms with E-state index in [0.29, 0.717) is 5.92 Å². The summed E-state index contributed by atoms with van der Waals surface area (Å²) in [6, 6.07) is 7.95. The minimum Gasteiger partial charge on any atom is -0.240 e. The average Bonchev–Trinajstić information content (AvgIpc) is 2.64. The van der Waals surface area contributed by atoms with Gasteiger partial charge in [0.05, 0.1) is 11.4 Å². The zero-order valence-electron chi connectivity index (χ0n) is 9.74. The van der Waals surface area contributed by atoms with Gasteiger partial charge >= 0.3 is 0 Å². The van der Waals surface area contributed by atoms with E-state index in [4.69, 9.17) is 11.6 Å². The summed E-state index contributed by atoms with van der Waals surface area (Å²) in [4.78, 5) is 0. The molecule has 0 aliphatic carbocycles. The monoisotopic (exact) mass is 234 g/mol. The van der Waals surface area contributed by atoms with Crippen LogP contribution in [-0.2, 0) is 0 Å². The number of hydrogen-bond donors (Lipinski definition) is 0. The van der Waals surface area contributed by atoms with E-state index >= 15 is 0 Å². The van der Waals surface area contributed by atoms with Crippen molar-refractivity contribution >= 4 is 11.6 Å². The standard InChI is InChI=1S/C13H15ClN2/c1-9(2)12-5-4-11(14)8-13(12)16-7-6-10(3)15-16/h4-9H,1-3H3. The first-order chi connectivity index (χ1) is 7.58. The molecule has 0 spiro atoms. The van der Waals surface area contributed by atoms with Gasteiger partial charge in [-0.05, 0) is 36.6 Å². The van der Waals surface area contributed by atoms with Crippen LogP contribution in [0.15, 0.2) is 30.5 Å². The highest BCUT2D eigenvalue weighted by molar-refractivity contribution is 6.30. The van der Waals surface area contributed by atoms with Gasteiger partial charge in [-0.3, -0.25) is 0 Å². The summed E-state index contributed by atoms with van der Waals surface area (Å²) in [7, 11) is 0. The van der Waals surface area contributed by atoms with Crippen molar-refractivity contribution in [2.75, 3.05) is 0 Å². The van der Waals surface area contributed by atoms with E-state index < -0.39 is 0 Å². The summed E-state index contributed by atoms with van der Waals surface area (Å²) in [6.45, 7) is 6.32. The molecule has 3 heteroatoms. The molecule has 1 aromatic heterocycles. The van der Waals surface area contributed by atoms with Crippen molar-refractivity contribution in [3.63, 3.8) is 0 Å². The quantitative estimate of drug-likeness (QED) is 0.769. The second kappa shape index (κ2) is 4.30. The molecule has 0 fully saturated rings. The van der Waals surface area contributed by atoms with E-state index in [9.17, 15) is 0 Å². The van der Waals surface area contributed by atoms with Gasteiger partial charge in [0, 0.05) is 11.2 Å². The van der Waals surface area contributed by atoms with Crippen LogP contribution in [0.1, 0.15) is 31.0 Å². The van der Waals surface area contributed by atoms with Gasteiger partial charge in [0.25, 0.3) is 0 Å². The van der Waals surface area contributed by atoms with Gasteiger partial charge in [-0.15, -0.1) is 0 Å². The van der Waals surface area contributed by atoms with Gasteiger partial charge in [0.2, 0.25) is 0 Å². The predicted molar refractivity (Wildman–Crippen MR) is 67.4 cm³/mol. The van der Waals surface area contributed by atoms with Crippen molar-refractivity contribution in [2.45, 2.75) is 26.7 Å². The van der Waals surface area contributed by atoms with E-state index in [1.807, 2.05) is 36.0 Å². The first-order valence-corrected chi connectivity index (χ1v) is 5.78. The lowest BCUT2D eigenvalue weighted by Gasteiger charge is -2.13. The van der Waals surface area contributed by atoms with Gasteiger partial charge in [0.1, 0.15) is 0 Å². The fourth-order valence-corrected chi connectivity index (χ4v) is 1.92. The van der Waals surface area contributed by atoms with E-state index in [-0.39, 0.29) is 0 Å². The molecule has 0 unspecified atom stereocenters. The molecule has 0 aliphatic rings. The molecule has 1 aromatic carbocycles. The van der Waals surface area contributed by atoms with Gasteiger partial charge in [-0.1, -0.05) is 31.5 Å². The minimum atomic E-state index is 0.455. The van der Waals surface area contributed by atoms with Gasteiger partial charge < -0.3 is 0 Å². The van der Waals surface area contributed by atoms with Crippen LogP contribution in [0.25, 0.3) is 5.69 Å². The molecule has 0 bridgehead atoms. The minimum absolute atomic E-state index is 0.455. The first kappa shape index (κ1) is 11.2. The highest BCUT2D eigenvalue weighted by Gasteiger charge is 2.09. The molecule has 1 heterocycles. The highest BCUT2D eigenvalue weighted by Crippen LogP contribution is 2.25. The maximum atomic E-state index is 6.04. The summed E-state index contributed by atoms with van der Waals surface area (Å²) in [5, 5.41) is 5.17. The number of aromatic nitrogens is 2. The van der Waals surface area contributed by atoms with Crippen LogP contribution in [0.5, 0.6) is 0 Å². The van der Waals surface area contributed by atoms with Gasteiger partial charge in [-0.2, -0.15) is 5.10 Å². The Morgan fingerprint density at radius 2 is 2.00 bits per heavy atom. The maximum absolute atomic E-state index is 6.04. The van der Waals surface area contributed by atoms with Crippen LogP contribution in [0.2, 0.25) is 5.02 Å². The summed E-state index contributed by atoms with van der Waals surface area (Å²) >= 11 is 6.04. The number of hydrogen-bond acceptors (Lipinski definition) is 1. The molecule has 84 valence electrons. The molecule has 0 amide bonds. The highest BCUT2D eigenvalue weighted by atomic mass is 35.5. The van der Waals surface area contributed by atoms with Crippen molar-refractivity contribution in [1.82, 2.24) is 9.78 Å². The molecule has 16 heavy (non-hydrogen) atoms. The molecule has 0 saturated carbocycles. The number of rotatable bonds is 2. The molecule has 0 N–H and O–H groups in total. The summed E-state index contributed by atoms with van der Waals surface area (Å²) in [5.41, 5.74) is 3.33. The number of benzene rings is 1. The number of halogens is 1. The van der Waals surface area contributed by atoms with Crippen molar-refractivity contribution in [2.24, 2.45) is 0 Å². The van der Waals surface area contributed by atoms with E-state index in [0.717, 1.165) is 16.4 Å². The van der Waals surface area contributed by atoms with Crippen LogP contribution in [0.3, 0.4) is 0 Å². The lowest BCUT2D eigenvalue weighted by atomic mass is 10.0. The predicted octanol–water partition coefficient (Wildman–Crippen LogP) is 3.96. The van der Waals surface area contributed by atoms with E-state index in [1.165, 1.54) is 5.56 Å². The summed E-state index contributed by atoms with van der Waals surface area (Å²) < 4.78 is 1.89. The maximum Gasteiger partial charge on any atom is 0.0695 e. The van der Waals surface area contributed by atoms with Crippen LogP contribution in [-0.4, -0.2) is 9.78 Å². The number of aryl methyl sites for hydroxylation is 1. The Balaban J connectivity index is 2.57. The molecule has 2 nitrogen and oxygen atoms in total. The first-order valence-electron chi connectivity index (χ1n) is 5.40. The zero-order chi connectivity index (χ0) is 11.7. The molecule has 2 aromatic rings. The van der Waals surface area contributed by atoms with Crippen molar-refractivity contribution in [1.29, 1.82) is 0 Å². The van der Waals surface area contributed by atoms with E-state index in [1.54, 1.807) is 0 Å². The Morgan fingerprint density at radius 1 is 1.25 bits per heavy atom. The van der Waals surface area contributed by atoms with E-state index in [2.05, 4.69) is 25.0 Å². The Kier molecular flexibility index (Phi) is 3.01. The van der Waals surface area contributed by atoms with Gasteiger partial charge in [-0.25, -0.2) is 4.68 Å². The second-order valence-electron chi connectivity index (χ2n) is 4.26. The Hall–Kier alpha value is -1.28. The largest absolute Gasteiger partial charge is 0.240 e. The lowest BCUT2D eigenvalue weighted by molar-refractivity contribution is 0.802. The Morgan fingerprint density at radius 3 is 2.56 bits per heavy atom. The van der Waals surface area contributed by atoms with Gasteiger partial charge in [0.15, 0.2) is 0 Å². The van der Waals surface area contributed by atoms with Crippen molar-refractivity contribution < 1.29 is 0 Å². The van der Waals surface area contributed by atoms with Crippen LogP contribution in [0.4, 0.5) is 0 Å². The van der Waals surface area contributed by atoms with Crippen LogP contribution < -0.4 is 0 Å². The topological polar surface area (TPSA) is 17.8 Å². The SMILES string of the molecule is Cc1ccn(-c2cc(Cl)ccc2C(C)C)n1. The number of nitrogens with zero attached hydrogens (tertiary/aromatic N) is 2.